The molecule has 0 aliphatic rings. The predicted octanol–water partition coefficient (Wildman–Crippen LogP) is 4.69. The zero-order chi connectivity index (χ0) is 19.6. The summed E-state index contributed by atoms with van der Waals surface area (Å²) in [4.78, 5) is 4.17. The van der Waals surface area contributed by atoms with Gasteiger partial charge in [0.15, 0.2) is 0 Å². The van der Waals surface area contributed by atoms with Crippen LogP contribution in [0.5, 0.6) is 0 Å². The molecule has 2 aromatic carbocycles. The second-order valence-corrected chi connectivity index (χ2v) is 8.04. The van der Waals surface area contributed by atoms with Crippen molar-refractivity contribution in [3.63, 3.8) is 0 Å². The maximum Gasteiger partial charge on any atom is 0.263 e. The molecule has 3 aromatic rings. The molecule has 3 rings (SSSR count). The highest BCUT2D eigenvalue weighted by Gasteiger charge is 2.17. The molecule has 0 unspecified atom stereocenters. The Morgan fingerprint density at radius 3 is 2.33 bits per heavy atom. The van der Waals surface area contributed by atoms with Crippen LogP contribution in [0.3, 0.4) is 0 Å². The summed E-state index contributed by atoms with van der Waals surface area (Å²) in [6.07, 6.45) is 1.55. The summed E-state index contributed by atoms with van der Waals surface area (Å²) in [5.74, 6) is -0.295. The molecule has 0 saturated heterocycles. The Morgan fingerprint density at radius 1 is 0.926 bits per heavy atom. The highest BCUT2D eigenvalue weighted by atomic mass is 32.2. The van der Waals surface area contributed by atoms with Crippen molar-refractivity contribution in [3.8, 4) is 0 Å². The second kappa shape index (κ2) is 7.36. The number of sulfonamides is 1. The van der Waals surface area contributed by atoms with Crippen molar-refractivity contribution in [1.29, 1.82) is 0 Å². The molecule has 27 heavy (non-hydrogen) atoms. The maximum absolute atomic E-state index is 13.2. The number of aryl methyl sites for hydroxylation is 3. The summed E-state index contributed by atoms with van der Waals surface area (Å²) in [6, 6.07) is 12.9. The molecular formula is C20H20FN3O2S. The maximum atomic E-state index is 13.2. The van der Waals surface area contributed by atoms with Crippen molar-refractivity contribution in [3.05, 3.63) is 77.2 Å². The number of nitrogens with one attached hydrogen (secondary N) is 2. The van der Waals surface area contributed by atoms with Gasteiger partial charge in [-0.2, -0.15) is 0 Å². The van der Waals surface area contributed by atoms with Crippen LogP contribution in [-0.2, 0) is 10.0 Å². The fourth-order valence-corrected chi connectivity index (χ4v) is 3.98. The molecular weight excluding hydrogens is 365 g/mol. The Kier molecular flexibility index (Phi) is 5.14. The van der Waals surface area contributed by atoms with Crippen LogP contribution in [-0.4, -0.2) is 13.4 Å². The molecule has 2 N–H and O–H groups in total. The van der Waals surface area contributed by atoms with Gasteiger partial charge >= 0.3 is 0 Å². The van der Waals surface area contributed by atoms with Gasteiger partial charge in [-0.15, -0.1) is 0 Å². The van der Waals surface area contributed by atoms with Gasteiger partial charge in [-0.05, 0) is 68.3 Å². The third-order valence-electron chi connectivity index (χ3n) is 4.09. The zero-order valence-corrected chi connectivity index (χ0v) is 16.1. The highest BCUT2D eigenvalue weighted by Crippen LogP contribution is 2.23. The van der Waals surface area contributed by atoms with Crippen molar-refractivity contribution in [2.75, 3.05) is 10.0 Å². The van der Waals surface area contributed by atoms with E-state index in [0.717, 1.165) is 23.0 Å². The van der Waals surface area contributed by atoms with Crippen molar-refractivity contribution >= 4 is 27.2 Å². The number of rotatable bonds is 5. The van der Waals surface area contributed by atoms with Gasteiger partial charge in [0.25, 0.3) is 10.0 Å². The van der Waals surface area contributed by atoms with E-state index < -0.39 is 15.8 Å². The van der Waals surface area contributed by atoms with Crippen molar-refractivity contribution in [1.82, 2.24) is 4.98 Å². The molecule has 0 spiro atoms. The molecule has 140 valence electrons. The third kappa shape index (κ3) is 4.43. The van der Waals surface area contributed by atoms with Gasteiger partial charge in [-0.1, -0.05) is 17.7 Å². The topological polar surface area (TPSA) is 71.1 Å². The van der Waals surface area contributed by atoms with Gasteiger partial charge in [0.2, 0.25) is 0 Å². The molecule has 0 aliphatic carbocycles. The molecule has 0 radical (unpaired) electrons. The average Bonchev–Trinajstić information content (AvgIpc) is 2.58. The van der Waals surface area contributed by atoms with E-state index in [2.05, 4.69) is 21.1 Å². The van der Waals surface area contributed by atoms with Crippen LogP contribution in [0.2, 0.25) is 0 Å². The van der Waals surface area contributed by atoms with E-state index in [1.165, 1.54) is 17.7 Å². The predicted molar refractivity (Wildman–Crippen MR) is 105 cm³/mol. The number of pyridine rings is 1. The summed E-state index contributed by atoms with van der Waals surface area (Å²) >= 11 is 0. The molecule has 0 atom stereocenters. The molecule has 0 amide bonds. The number of hydrogen-bond donors (Lipinski definition) is 2. The Labute approximate surface area is 158 Å². The normalized spacial score (nSPS) is 11.3. The lowest BCUT2D eigenvalue weighted by molar-refractivity contribution is 0.598. The largest absolute Gasteiger partial charge is 0.354 e. The van der Waals surface area contributed by atoms with E-state index in [-0.39, 0.29) is 10.7 Å². The molecule has 0 bridgehead atoms. The summed E-state index contributed by atoms with van der Waals surface area (Å²) in [7, 11) is -3.84. The minimum absolute atomic E-state index is 0.0168. The summed E-state index contributed by atoms with van der Waals surface area (Å²) in [6.45, 7) is 5.58. The highest BCUT2D eigenvalue weighted by molar-refractivity contribution is 7.92. The van der Waals surface area contributed by atoms with E-state index in [1.807, 2.05) is 26.0 Å². The van der Waals surface area contributed by atoms with E-state index in [9.17, 15) is 12.8 Å². The first kappa shape index (κ1) is 18.8. The first-order valence-corrected chi connectivity index (χ1v) is 9.82. The van der Waals surface area contributed by atoms with Crippen LogP contribution in [0.25, 0.3) is 0 Å². The Hall–Kier alpha value is -2.93. The fourth-order valence-electron chi connectivity index (χ4n) is 2.74. The molecule has 1 heterocycles. The molecule has 7 heteroatoms. The monoisotopic (exact) mass is 385 g/mol. The first-order valence-electron chi connectivity index (χ1n) is 8.34. The van der Waals surface area contributed by atoms with Gasteiger partial charge in [0.1, 0.15) is 11.6 Å². The van der Waals surface area contributed by atoms with Crippen molar-refractivity contribution < 1.29 is 12.8 Å². The minimum Gasteiger partial charge on any atom is -0.354 e. The molecule has 5 nitrogen and oxygen atoms in total. The summed E-state index contributed by atoms with van der Waals surface area (Å²) in [5.41, 5.74) is 4.31. The number of halogens is 1. The number of benzene rings is 2. The van der Waals surface area contributed by atoms with Crippen molar-refractivity contribution in [2.24, 2.45) is 0 Å². The van der Waals surface area contributed by atoms with E-state index in [1.54, 1.807) is 25.3 Å². The number of anilines is 3. The van der Waals surface area contributed by atoms with Crippen molar-refractivity contribution in [2.45, 2.75) is 25.7 Å². The third-order valence-corrected chi connectivity index (χ3v) is 5.60. The van der Waals surface area contributed by atoms with Gasteiger partial charge in [-0.25, -0.2) is 17.8 Å². The average molecular weight is 385 g/mol. The molecule has 0 saturated carbocycles. The fraction of sp³-hybridized carbons (Fsp3) is 0.150. The summed E-state index contributed by atoms with van der Waals surface area (Å²) < 4.78 is 40.6. The minimum atomic E-state index is -3.84. The lowest BCUT2D eigenvalue weighted by Gasteiger charge is -2.12. The molecule has 0 aliphatic heterocycles. The molecule has 1 aromatic heterocycles. The van der Waals surface area contributed by atoms with Gasteiger partial charge in [-0.3, -0.25) is 4.72 Å². The lowest BCUT2D eigenvalue weighted by atomic mass is 10.1. The van der Waals surface area contributed by atoms with Gasteiger partial charge in [0, 0.05) is 5.69 Å². The number of aromatic nitrogens is 1. The lowest BCUT2D eigenvalue weighted by Crippen LogP contribution is -2.15. The van der Waals surface area contributed by atoms with Crippen LogP contribution < -0.4 is 10.0 Å². The smallest absolute Gasteiger partial charge is 0.263 e. The number of nitrogens with zero attached hydrogens (tertiary/aromatic N) is 1. The first-order chi connectivity index (χ1) is 12.7. The SMILES string of the molecule is Cc1ccc(Nc2ccc(NS(=O)(=O)c3ccc(F)cc3C)nc2)c(C)c1. The van der Waals surface area contributed by atoms with Crippen LogP contribution in [0.4, 0.5) is 21.6 Å². The van der Waals surface area contributed by atoms with E-state index >= 15 is 0 Å². The van der Waals surface area contributed by atoms with Crippen LogP contribution in [0, 0.1) is 26.6 Å². The Morgan fingerprint density at radius 2 is 1.70 bits per heavy atom. The standard InChI is InChI=1S/C20H20FN3O2S/c1-13-4-7-18(14(2)10-13)23-17-6-9-20(22-12-17)24-27(25,26)19-8-5-16(21)11-15(19)3/h4-12,23H,1-3H3,(H,22,24). The second-order valence-electron chi connectivity index (χ2n) is 6.39. The Bertz CT molecular complexity index is 1080. The van der Waals surface area contributed by atoms with Crippen LogP contribution in [0.15, 0.2) is 59.6 Å². The van der Waals surface area contributed by atoms with Crippen LogP contribution >= 0.6 is 0 Å². The quantitative estimate of drug-likeness (QED) is 0.668. The summed E-state index contributed by atoms with van der Waals surface area (Å²) in [5, 5.41) is 3.26. The van der Waals surface area contributed by atoms with E-state index in [4.69, 9.17) is 0 Å². The molecule has 0 fully saturated rings. The van der Waals surface area contributed by atoms with Gasteiger partial charge < -0.3 is 5.32 Å². The van der Waals surface area contributed by atoms with E-state index in [0.29, 0.717) is 5.56 Å². The van der Waals surface area contributed by atoms with Crippen LogP contribution in [0.1, 0.15) is 16.7 Å². The van der Waals surface area contributed by atoms with Gasteiger partial charge in [0.05, 0.1) is 16.8 Å². The Balaban J connectivity index is 1.77. The zero-order valence-electron chi connectivity index (χ0n) is 15.2. The number of hydrogen-bond acceptors (Lipinski definition) is 4.